The summed E-state index contributed by atoms with van der Waals surface area (Å²) in [7, 11) is 5.07. The number of aryl methyl sites for hydroxylation is 1. The first-order chi connectivity index (χ1) is 12.6. The summed E-state index contributed by atoms with van der Waals surface area (Å²) < 4.78 is 22.6. The monoisotopic (exact) mass is 357 g/mol. The van der Waals surface area contributed by atoms with E-state index in [0.29, 0.717) is 6.61 Å². The van der Waals surface area contributed by atoms with Crippen LogP contribution in [0.5, 0.6) is 23.0 Å². The van der Waals surface area contributed by atoms with Crippen molar-refractivity contribution in [3.63, 3.8) is 0 Å². The molecule has 0 saturated carbocycles. The zero-order valence-electron chi connectivity index (χ0n) is 16.1. The van der Waals surface area contributed by atoms with E-state index in [4.69, 9.17) is 18.9 Å². The molecule has 5 heteroatoms. The number of hydrogen-bond acceptors (Lipinski definition) is 5. The maximum Gasteiger partial charge on any atom is 0.164 e. The fourth-order valence-corrected chi connectivity index (χ4v) is 3.64. The summed E-state index contributed by atoms with van der Waals surface area (Å²) in [5, 5.41) is 3.61. The number of fused-ring (bicyclic) bond motifs is 1. The van der Waals surface area contributed by atoms with Crippen LogP contribution in [0.3, 0.4) is 0 Å². The molecule has 2 aromatic rings. The Morgan fingerprint density at radius 1 is 0.962 bits per heavy atom. The summed E-state index contributed by atoms with van der Waals surface area (Å²) in [6.45, 7) is 5.47. The summed E-state index contributed by atoms with van der Waals surface area (Å²) in [6, 6.07) is 8.18. The molecular formula is C21H27NO4. The van der Waals surface area contributed by atoms with E-state index in [1.165, 1.54) is 11.1 Å². The van der Waals surface area contributed by atoms with Gasteiger partial charge in [0.15, 0.2) is 11.5 Å². The molecular weight excluding hydrogens is 330 g/mol. The summed E-state index contributed by atoms with van der Waals surface area (Å²) in [4.78, 5) is 0. The van der Waals surface area contributed by atoms with E-state index >= 15 is 0 Å². The van der Waals surface area contributed by atoms with E-state index < -0.39 is 0 Å². The van der Waals surface area contributed by atoms with Crippen LogP contribution >= 0.6 is 0 Å². The molecule has 0 fully saturated rings. The van der Waals surface area contributed by atoms with Crippen molar-refractivity contribution >= 4 is 0 Å². The zero-order chi connectivity index (χ0) is 18.7. The predicted octanol–water partition coefficient (Wildman–Crippen LogP) is 3.65. The van der Waals surface area contributed by atoms with Gasteiger partial charge in [-0.1, -0.05) is 6.07 Å². The third-order valence-electron chi connectivity index (χ3n) is 4.86. The van der Waals surface area contributed by atoms with Crippen molar-refractivity contribution in [2.45, 2.75) is 26.3 Å². The van der Waals surface area contributed by atoms with Crippen molar-refractivity contribution in [2.24, 2.45) is 0 Å². The first-order valence-electron chi connectivity index (χ1n) is 8.93. The second kappa shape index (κ2) is 7.87. The van der Waals surface area contributed by atoms with Crippen LogP contribution in [0, 0.1) is 6.92 Å². The first-order valence-corrected chi connectivity index (χ1v) is 8.93. The van der Waals surface area contributed by atoms with Crippen LogP contribution in [0.25, 0.3) is 0 Å². The van der Waals surface area contributed by atoms with Gasteiger partial charge in [0, 0.05) is 17.7 Å². The topological polar surface area (TPSA) is 49.0 Å². The number of benzene rings is 2. The minimum absolute atomic E-state index is 0.00770. The van der Waals surface area contributed by atoms with Crippen molar-refractivity contribution in [3.8, 4) is 23.0 Å². The molecule has 0 bridgehead atoms. The van der Waals surface area contributed by atoms with E-state index in [1.54, 1.807) is 21.3 Å². The molecule has 1 aliphatic heterocycles. The van der Waals surface area contributed by atoms with Gasteiger partial charge < -0.3 is 24.3 Å². The van der Waals surface area contributed by atoms with Crippen LogP contribution in [0.2, 0.25) is 0 Å². The van der Waals surface area contributed by atoms with Crippen molar-refractivity contribution in [1.82, 2.24) is 5.32 Å². The lowest BCUT2D eigenvalue weighted by atomic mass is 9.88. The lowest BCUT2D eigenvalue weighted by Gasteiger charge is -2.30. The Labute approximate surface area is 155 Å². The third-order valence-corrected chi connectivity index (χ3v) is 4.86. The van der Waals surface area contributed by atoms with E-state index in [2.05, 4.69) is 17.4 Å². The number of hydrogen-bond donors (Lipinski definition) is 1. The summed E-state index contributed by atoms with van der Waals surface area (Å²) in [6.07, 6.45) is 0.893. The Hall–Kier alpha value is -2.40. The molecule has 1 aliphatic rings. The van der Waals surface area contributed by atoms with Gasteiger partial charge in [-0.3, -0.25) is 0 Å². The van der Waals surface area contributed by atoms with E-state index in [9.17, 15) is 0 Å². The van der Waals surface area contributed by atoms with Gasteiger partial charge in [0.05, 0.1) is 34.0 Å². The quantitative estimate of drug-likeness (QED) is 0.855. The predicted molar refractivity (Wildman–Crippen MR) is 102 cm³/mol. The lowest BCUT2D eigenvalue weighted by Crippen LogP contribution is -2.31. The van der Waals surface area contributed by atoms with Gasteiger partial charge >= 0.3 is 0 Å². The van der Waals surface area contributed by atoms with E-state index in [1.807, 2.05) is 26.0 Å². The fraction of sp³-hybridized carbons (Fsp3) is 0.429. The van der Waals surface area contributed by atoms with Crippen molar-refractivity contribution < 1.29 is 18.9 Å². The largest absolute Gasteiger partial charge is 0.496 e. The SMILES string of the molecule is CCOc1c(OC)ccc2c1CCNC2c1cc(OC)c(C)cc1OC. The molecule has 140 valence electrons. The molecule has 1 atom stereocenters. The number of methoxy groups -OCH3 is 3. The molecule has 1 N–H and O–H groups in total. The van der Waals surface area contributed by atoms with Gasteiger partial charge in [0.25, 0.3) is 0 Å². The molecule has 0 amide bonds. The van der Waals surface area contributed by atoms with Crippen LogP contribution in [0.15, 0.2) is 24.3 Å². The lowest BCUT2D eigenvalue weighted by molar-refractivity contribution is 0.305. The standard InChI is InChI=1S/C21H27NO4/c1-6-26-21-15-9-10-22-20(14(15)7-8-17(21)23-3)16-12-18(24-4)13(2)11-19(16)25-5/h7-8,11-12,20,22H,6,9-10H2,1-5H3. The highest BCUT2D eigenvalue weighted by molar-refractivity contribution is 5.57. The Balaban J connectivity index is 2.15. The second-order valence-corrected chi connectivity index (χ2v) is 6.30. The highest BCUT2D eigenvalue weighted by atomic mass is 16.5. The Bertz CT molecular complexity index is 788. The Morgan fingerprint density at radius 3 is 2.35 bits per heavy atom. The summed E-state index contributed by atoms with van der Waals surface area (Å²) in [5.74, 6) is 3.33. The average molecular weight is 357 g/mol. The second-order valence-electron chi connectivity index (χ2n) is 6.30. The zero-order valence-corrected chi connectivity index (χ0v) is 16.1. The van der Waals surface area contributed by atoms with Gasteiger partial charge in [-0.25, -0.2) is 0 Å². The molecule has 1 unspecified atom stereocenters. The molecule has 0 saturated heterocycles. The number of nitrogens with one attached hydrogen (secondary N) is 1. The van der Waals surface area contributed by atoms with Crippen LogP contribution in [-0.2, 0) is 6.42 Å². The Kier molecular flexibility index (Phi) is 5.57. The van der Waals surface area contributed by atoms with Gasteiger partial charge in [-0.15, -0.1) is 0 Å². The molecule has 0 aliphatic carbocycles. The fourth-order valence-electron chi connectivity index (χ4n) is 3.64. The third kappa shape index (κ3) is 3.19. The Morgan fingerprint density at radius 2 is 1.69 bits per heavy atom. The van der Waals surface area contributed by atoms with Crippen molar-refractivity contribution in [3.05, 3.63) is 46.5 Å². The average Bonchev–Trinajstić information content (AvgIpc) is 2.67. The minimum Gasteiger partial charge on any atom is -0.496 e. The van der Waals surface area contributed by atoms with Crippen LogP contribution < -0.4 is 24.3 Å². The van der Waals surface area contributed by atoms with Crippen LogP contribution in [-0.4, -0.2) is 34.5 Å². The van der Waals surface area contributed by atoms with Gasteiger partial charge in [0.1, 0.15) is 11.5 Å². The van der Waals surface area contributed by atoms with Gasteiger partial charge in [-0.05, 0) is 49.6 Å². The van der Waals surface area contributed by atoms with Gasteiger partial charge in [0.2, 0.25) is 0 Å². The molecule has 1 heterocycles. The van der Waals surface area contributed by atoms with Crippen molar-refractivity contribution in [1.29, 1.82) is 0 Å². The molecule has 2 aromatic carbocycles. The molecule has 26 heavy (non-hydrogen) atoms. The maximum atomic E-state index is 5.92. The number of ether oxygens (including phenoxy) is 4. The smallest absolute Gasteiger partial charge is 0.164 e. The van der Waals surface area contributed by atoms with E-state index in [-0.39, 0.29) is 6.04 Å². The highest BCUT2D eigenvalue weighted by Crippen LogP contribution is 2.43. The summed E-state index contributed by atoms with van der Waals surface area (Å²) in [5.41, 5.74) is 4.48. The van der Waals surface area contributed by atoms with Crippen molar-refractivity contribution in [2.75, 3.05) is 34.5 Å². The van der Waals surface area contributed by atoms with Gasteiger partial charge in [-0.2, -0.15) is 0 Å². The molecule has 0 spiro atoms. The molecule has 5 nitrogen and oxygen atoms in total. The first kappa shape index (κ1) is 18.4. The molecule has 3 rings (SSSR count). The molecule has 0 aromatic heterocycles. The normalized spacial score (nSPS) is 16.0. The number of rotatable bonds is 6. The molecule has 0 radical (unpaired) electrons. The summed E-state index contributed by atoms with van der Waals surface area (Å²) >= 11 is 0. The van der Waals surface area contributed by atoms with E-state index in [0.717, 1.165) is 47.1 Å². The van der Waals surface area contributed by atoms with Crippen LogP contribution in [0.1, 0.15) is 35.2 Å². The minimum atomic E-state index is 0.00770. The van der Waals surface area contributed by atoms with Crippen LogP contribution in [0.4, 0.5) is 0 Å². The highest BCUT2D eigenvalue weighted by Gasteiger charge is 2.28. The maximum absolute atomic E-state index is 5.92.